The summed E-state index contributed by atoms with van der Waals surface area (Å²) in [5.41, 5.74) is -0.0120. The molecule has 132 valence electrons. The molecule has 0 radical (unpaired) electrons. The lowest BCUT2D eigenvalue weighted by atomic mass is 9.78. The van der Waals surface area contributed by atoms with Crippen molar-refractivity contribution in [3.8, 4) is 0 Å². The Hall–Kier alpha value is -1.36. The topological polar surface area (TPSA) is 65.1 Å². The summed E-state index contributed by atoms with van der Waals surface area (Å²) in [6.45, 7) is 11.9. The van der Waals surface area contributed by atoms with Gasteiger partial charge in [0.1, 0.15) is 17.8 Å². The molecule has 5 heteroatoms. The van der Waals surface area contributed by atoms with Gasteiger partial charge in [-0.25, -0.2) is 4.79 Å². The Balaban J connectivity index is 1.64. The van der Waals surface area contributed by atoms with E-state index in [-0.39, 0.29) is 59.0 Å². The van der Waals surface area contributed by atoms with Crippen LogP contribution in [0.5, 0.6) is 0 Å². The molecular formula is C19H26O5. The Morgan fingerprint density at radius 3 is 2.75 bits per heavy atom. The molecule has 2 aliphatic heterocycles. The predicted octanol–water partition coefficient (Wildman–Crippen LogP) is 2.63. The molecule has 5 nitrogen and oxygen atoms in total. The van der Waals surface area contributed by atoms with Gasteiger partial charge < -0.3 is 14.2 Å². The fraction of sp³-hybridized carbons (Fsp3) is 0.789. The van der Waals surface area contributed by atoms with E-state index in [4.69, 9.17) is 14.2 Å². The van der Waals surface area contributed by atoms with Crippen molar-refractivity contribution < 1.29 is 23.8 Å². The lowest BCUT2D eigenvalue weighted by molar-refractivity contribution is -0.159. The number of hydrogen-bond donors (Lipinski definition) is 0. The standard InChI is InChI=1S/C19H26O5/c1-9(2)16(20)23-14-8-18(5)19(24-18)7-12-11(4)17(21)22-13(12)6-10(3)15(14)19/h9-10,12-15H,4,6-8H2,1-3,5H3/t10-,12-,13-,14-,15-,18-,19?/m1/s1. The summed E-state index contributed by atoms with van der Waals surface area (Å²) in [7, 11) is 0. The zero-order valence-corrected chi connectivity index (χ0v) is 14.8. The van der Waals surface area contributed by atoms with Crippen LogP contribution in [-0.2, 0) is 23.8 Å². The molecule has 0 bridgehead atoms. The van der Waals surface area contributed by atoms with E-state index in [0.29, 0.717) is 5.57 Å². The van der Waals surface area contributed by atoms with Crippen LogP contribution in [0.25, 0.3) is 0 Å². The summed E-state index contributed by atoms with van der Waals surface area (Å²) >= 11 is 0. The van der Waals surface area contributed by atoms with Crippen LogP contribution in [0.1, 0.15) is 47.0 Å². The van der Waals surface area contributed by atoms with Crippen LogP contribution in [0.15, 0.2) is 12.2 Å². The Morgan fingerprint density at radius 1 is 1.38 bits per heavy atom. The first-order chi connectivity index (χ1) is 11.2. The van der Waals surface area contributed by atoms with E-state index in [9.17, 15) is 9.59 Å². The highest BCUT2D eigenvalue weighted by Gasteiger charge is 2.79. The summed E-state index contributed by atoms with van der Waals surface area (Å²) in [5, 5.41) is 0. The van der Waals surface area contributed by atoms with Gasteiger partial charge in [0.25, 0.3) is 0 Å². The molecular weight excluding hydrogens is 308 g/mol. The molecule has 1 spiro atoms. The average Bonchev–Trinajstić information content (AvgIpc) is 2.91. The normalized spacial score (nSPS) is 49.1. The molecule has 24 heavy (non-hydrogen) atoms. The Kier molecular flexibility index (Phi) is 3.25. The first kappa shape index (κ1) is 16.1. The molecule has 0 aromatic rings. The molecule has 0 amide bonds. The maximum absolute atomic E-state index is 12.1. The van der Waals surface area contributed by atoms with Crippen molar-refractivity contribution in [3.63, 3.8) is 0 Å². The SMILES string of the molecule is C=C1C(=O)O[C@@H]2C[C@@H](C)[C@@H]3[C@H](OC(=O)C(C)C)C[C@@]4(C)OC34C[C@H]12. The van der Waals surface area contributed by atoms with Gasteiger partial charge in [-0.3, -0.25) is 4.79 Å². The largest absolute Gasteiger partial charge is 0.462 e. The van der Waals surface area contributed by atoms with Crippen LogP contribution < -0.4 is 0 Å². The van der Waals surface area contributed by atoms with Crippen molar-refractivity contribution in [2.24, 2.45) is 23.7 Å². The quantitative estimate of drug-likeness (QED) is 0.441. The molecule has 2 heterocycles. The number of carbonyl (C=O) groups is 2. The number of rotatable bonds is 2. The molecule has 2 saturated heterocycles. The molecule has 0 aromatic heterocycles. The Bertz CT molecular complexity index is 625. The van der Waals surface area contributed by atoms with Gasteiger partial charge in [0.15, 0.2) is 0 Å². The van der Waals surface area contributed by atoms with Crippen LogP contribution in [0.2, 0.25) is 0 Å². The Labute approximate surface area is 142 Å². The summed E-state index contributed by atoms with van der Waals surface area (Å²) in [5.74, 6) is -0.114. The van der Waals surface area contributed by atoms with Gasteiger partial charge in [-0.1, -0.05) is 27.4 Å². The minimum Gasteiger partial charge on any atom is -0.462 e. The minimum absolute atomic E-state index is 0.0197. The Morgan fingerprint density at radius 2 is 2.08 bits per heavy atom. The van der Waals surface area contributed by atoms with Crippen LogP contribution >= 0.6 is 0 Å². The second kappa shape index (κ2) is 4.84. The number of ether oxygens (including phenoxy) is 3. The highest BCUT2D eigenvalue weighted by Crippen LogP contribution is 2.69. The third kappa shape index (κ3) is 1.97. The molecule has 0 aromatic carbocycles. The number of carbonyl (C=O) groups excluding carboxylic acids is 2. The van der Waals surface area contributed by atoms with E-state index in [1.165, 1.54) is 0 Å². The van der Waals surface area contributed by atoms with E-state index in [1.807, 2.05) is 13.8 Å². The van der Waals surface area contributed by atoms with Gasteiger partial charge >= 0.3 is 11.9 Å². The molecule has 4 aliphatic rings. The van der Waals surface area contributed by atoms with Crippen molar-refractivity contribution in [3.05, 3.63) is 12.2 Å². The molecule has 1 unspecified atom stereocenters. The molecule has 4 fully saturated rings. The fourth-order valence-corrected chi connectivity index (χ4v) is 5.42. The van der Waals surface area contributed by atoms with Crippen LogP contribution in [0, 0.1) is 23.7 Å². The highest BCUT2D eigenvalue weighted by atomic mass is 16.6. The van der Waals surface area contributed by atoms with E-state index < -0.39 is 0 Å². The monoisotopic (exact) mass is 334 g/mol. The van der Waals surface area contributed by atoms with E-state index >= 15 is 0 Å². The van der Waals surface area contributed by atoms with Crippen molar-refractivity contribution in [2.75, 3.05) is 0 Å². The maximum Gasteiger partial charge on any atom is 0.334 e. The smallest absolute Gasteiger partial charge is 0.334 e. The number of epoxide rings is 1. The van der Waals surface area contributed by atoms with Gasteiger partial charge in [0.2, 0.25) is 0 Å². The lowest BCUT2D eigenvalue weighted by Crippen LogP contribution is -2.37. The molecule has 7 atom stereocenters. The third-order valence-corrected chi connectivity index (χ3v) is 6.69. The highest BCUT2D eigenvalue weighted by molar-refractivity contribution is 5.90. The fourth-order valence-electron chi connectivity index (χ4n) is 5.42. The van der Waals surface area contributed by atoms with Gasteiger partial charge in [-0.05, 0) is 25.7 Å². The second-order valence-corrected chi connectivity index (χ2v) is 8.57. The van der Waals surface area contributed by atoms with Crippen molar-refractivity contribution >= 4 is 11.9 Å². The summed E-state index contributed by atoms with van der Waals surface area (Å²) < 4.78 is 17.6. The number of fused-ring (bicyclic) bond motifs is 1. The number of hydrogen-bond acceptors (Lipinski definition) is 5. The third-order valence-electron chi connectivity index (χ3n) is 6.69. The first-order valence-electron chi connectivity index (χ1n) is 8.99. The van der Waals surface area contributed by atoms with E-state index in [0.717, 1.165) is 19.3 Å². The maximum atomic E-state index is 12.1. The first-order valence-corrected chi connectivity index (χ1v) is 8.99. The summed E-state index contributed by atoms with van der Waals surface area (Å²) in [6.07, 6.45) is 2.02. The zero-order valence-electron chi connectivity index (χ0n) is 14.8. The predicted molar refractivity (Wildman–Crippen MR) is 86.0 cm³/mol. The van der Waals surface area contributed by atoms with Gasteiger partial charge in [0.05, 0.1) is 11.5 Å². The summed E-state index contributed by atoms with van der Waals surface area (Å²) in [6, 6.07) is 0. The van der Waals surface area contributed by atoms with Gasteiger partial charge in [0, 0.05) is 23.8 Å². The second-order valence-electron chi connectivity index (χ2n) is 8.57. The van der Waals surface area contributed by atoms with E-state index in [1.54, 1.807) is 0 Å². The van der Waals surface area contributed by atoms with Gasteiger partial charge in [-0.15, -0.1) is 0 Å². The minimum atomic E-state index is -0.315. The molecule has 2 saturated carbocycles. The van der Waals surface area contributed by atoms with Crippen LogP contribution in [0.4, 0.5) is 0 Å². The van der Waals surface area contributed by atoms with Crippen molar-refractivity contribution in [2.45, 2.75) is 70.4 Å². The average molecular weight is 334 g/mol. The lowest BCUT2D eigenvalue weighted by Gasteiger charge is -2.31. The van der Waals surface area contributed by atoms with Crippen LogP contribution in [-0.4, -0.2) is 35.3 Å². The molecule has 0 N–H and O–H groups in total. The van der Waals surface area contributed by atoms with Crippen LogP contribution in [0.3, 0.4) is 0 Å². The van der Waals surface area contributed by atoms with Gasteiger partial charge in [-0.2, -0.15) is 0 Å². The summed E-state index contributed by atoms with van der Waals surface area (Å²) in [4.78, 5) is 24.0. The van der Waals surface area contributed by atoms with Crippen molar-refractivity contribution in [1.29, 1.82) is 0 Å². The van der Waals surface area contributed by atoms with Crippen molar-refractivity contribution in [1.82, 2.24) is 0 Å². The molecule has 2 aliphatic carbocycles. The zero-order chi connectivity index (χ0) is 17.4. The van der Waals surface area contributed by atoms with E-state index in [2.05, 4.69) is 20.4 Å². The molecule has 4 rings (SSSR count). The number of esters is 2.